The lowest BCUT2D eigenvalue weighted by Crippen LogP contribution is -2.40. The van der Waals surface area contributed by atoms with Crippen molar-refractivity contribution in [2.45, 2.75) is 39.7 Å². The zero-order chi connectivity index (χ0) is 16.7. The number of nitrogens with zero attached hydrogens (tertiary/aromatic N) is 3. The number of methoxy groups -OCH3 is 1. The number of carbonyl (C=O) groups is 1. The van der Waals surface area contributed by atoms with Crippen molar-refractivity contribution in [3.05, 3.63) is 22.5 Å². The minimum absolute atomic E-state index is 0.0231. The maximum absolute atomic E-state index is 12.5. The molecule has 0 saturated heterocycles. The maximum Gasteiger partial charge on any atom is 0.246 e. The van der Waals surface area contributed by atoms with Crippen LogP contribution in [0.15, 0.2) is 6.08 Å². The quantitative estimate of drug-likeness (QED) is 0.689. The van der Waals surface area contributed by atoms with E-state index in [0.29, 0.717) is 18.3 Å². The molecule has 6 heteroatoms. The minimum atomic E-state index is -0.0231. The highest BCUT2D eigenvalue weighted by molar-refractivity contribution is 6.31. The summed E-state index contributed by atoms with van der Waals surface area (Å²) >= 11 is 6.18. The van der Waals surface area contributed by atoms with E-state index < -0.39 is 0 Å². The van der Waals surface area contributed by atoms with Gasteiger partial charge in [-0.2, -0.15) is 5.10 Å². The van der Waals surface area contributed by atoms with Crippen molar-refractivity contribution in [3.63, 3.8) is 0 Å². The lowest BCUT2D eigenvalue weighted by molar-refractivity contribution is -0.129. The van der Waals surface area contributed by atoms with Crippen molar-refractivity contribution in [3.8, 4) is 0 Å². The second-order valence-corrected chi connectivity index (χ2v) is 5.60. The molecule has 1 heterocycles. The van der Waals surface area contributed by atoms with Crippen LogP contribution >= 0.6 is 11.6 Å². The molecule has 1 rings (SSSR count). The highest BCUT2D eigenvalue weighted by Crippen LogP contribution is 2.20. The predicted octanol–water partition coefficient (Wildman–Crippen LogP) is 3.06. The Labute approximate surface area is 137 Å². The predicted molar refractivity (Wildman–Crippen MR) is 89.9 cm³/mol. The van der Waals surface area contributed by atoms with Crippen molar-refractivity contribution in [1.82, 2.24) is 14.7 Å². The molecule has 0 fully saturated rings. The number of aryl methyl sites for hydroxylation is 2. The zero-order valence-electron chi connectivity index (χ0n) is 14.1. The zero-order valence-corrected chi connectivity index (χ0v) is 14.9. The molecule has 5 nitrogen and oxygen atoms in total. The Hall–Kier alpha value is -1.33. The average molecular weight is 328 g/mol. The van der Waals surface area contributed by atoms with Gasteiger partial charge in [0.15, 0.2) is 0 Å². The second-order valence-electron chi connectivity index (χ2n) is 5.24. The monoisotopic (exact) mass is 327 g/mol. The highest BCUT2D eigenvalue weighted by Gasteiger charge is 2.19. The summed E-state index contributed by atoms with van der Waals surface area (Å²) < 4.78 is 6.72. The van der Waals surface area contributed by atoms with E-state index in [1.807, 2.05) is 11.8 Å². The molecule has 1 aromatic rings. The van der Waals surface area contributed by atoms with Crippen LogP contribution in [0.25, 0.3) is 6.08 Å². The summed E-state index contributed by atoms with van der Waals surface area (Å²) in [4.78, 5) is 14.4. The number of halogens is 1. The molecule has 0 unspecified atom stereocenters. The number of hydrogen-bond donors (Lipinski definition) is 0. The molecule has 124 valence electrons. The van der Waals surface area contributed by atoms with Gasteiger partial charge in [-0.1, -0.05) is 25.4 Å². The lowest BCUT2D eigenvalue weighted by atomic mass is 10.1. The van der Waals surface area contributed by atoms with E-state index in [9.17, 15) is 4.79 Å². The van der Waals surface area contributed by atoms with Crippen LogP contribution in [-0.2, 0) is 16.6 Å². The molecule has 0 aromatic carbocycles. The second kappa shape index (κ2) is 8.96. The minimum Gasteiger partial charge on any atom is -0.383 e. The van der Waals surface area contributed by atoms with Crippen LogP contribution in [0.2, 0.25) is 5.15 Å². The van der Waals surface area contributed by atoms with Gasteiger partial charge < -0.3 is 9.64 Å². The van der Waals surface area contributed by atoms with E-state index in [-0.39, 0.29) is 11.9 Å². The largest absolute Gasteiger partial charge is 0.383 e. The van der Waals surface area contributed by atoms with E-state index in [2.05, 4.69) is 18.9 Å². The van der Waals surface area contributed by atoms with Crippen LogP contribution < -0.4 is 0 Å². The molecule has 0 radical (unpaired) electrons. The number of amides is 1. The van der Waals surface area contributed by atoms with E-state index in [0.717, 1.165) is 24.1 Å². The van der Waals surface area contributed by atoms with E-state index in [1.165, 1.54) is 0 Å². The first-order chi connectivity index (χ1) is 10.5. The SMILES string of the molecule is CCC(CC)N(CCOC)C(=O)C=Cc1c(C)nn(C)c1Cl. The topological polar surface area (TPSA) is 47.4 Å². The fraction of sp³-hybridized carbons (Fsp3) is 0.625. The molecule has 0 aliphatic rings. The van der Waals surface area contributed by atoms with Crippen molar-refractivity contribution >= 4 is 23.6 Å². The third-order valence-electron chi connectivity index (χ3n) is 3.79. The van der Waals surface area contributed by atoms with Gasteiger partial charge in [-0.25, -0.2) is 0 Å². The number of hydrogen-bond acceptors (Lipinski definition) is 3. The average Bonchev–Trinajstić information content (AvgIpc) is 2.74. The van der Waals surface area contributed by atoms with Gasteiger partial charge in [-0.15, -0.1) is 0 Å². The van der Waals surface area contributed by atoms with Gasteiger partial charge in [-0.3, -0.25) is 9.48 Å². The summed E-state index contributed by atoms with van der Waals surface area (Å²) in [5, 5.41) is 4.77. The lowest BCUT2D eigenvalue weighted by Gasteiger charge is -2.29. The molecular weight excluding hydrogens is 302 g/mol. The van der Waals surface area contributed by atoms with Crippen LogP contribution in [0.1, 0.15) is 37.9 Å². The molecule has 0 atom stereocenters. The van der Waals surface area contributed by atoms with Gasteiger partial charge >= 0.3 is 0 Å². The van der Waals surface area contributed by atoms with Gasteiger partial charge in [-0.05, 0) is 25.8 Å². The molecule has 0 saturated carbocycles. The Morgan fingerprint density at radius 2 is 2.09 bits per heavy atom. The molecule has 1 amide bonds. The third-order valence-corrected chi connectivity index (χ3v) is 4.24. The van der Waals surface area contributed by atoms with E-state index >= 15 is 0 Å². The van der Waals surface area contributed by atoms with Gasteiger partial charge in [0.2, 0.25) is 5.91 Å². The van der Waals surface area contributed by atoms with Gasteiger partial charge in [0.1, 0.15) is 5.15 Å². The summed E-state index contributed by atoms with van der Waals surface area (Å²) in [5.74, 6) is -0.0231. The standard InChI is InChI=1S/C16H26ClN3O2/c1-6-13(7-2)20(10-11-22-5)15(21)9-8-14-12(3)18-19(4)16(14)17/h8-9,13H,6-7,10-11H2,1-5H3. The summed E-state index contributed by atoms with van der Waals surface area (Å²) in [6.45, 7) is 7.17. The van der Waals surface area contributed by atoms with Crippen LogP contribution in [0, 0.1) is 6.92 Å². The molecule has 0 aliphatic heterocycles. The van der Waals surface area contributed by atoms with E-state index in [1.54, 1.807) is 31.0 Å². The maximum atomic E-state index is 12.5. The van der Waals surface area contributed by atoms with Crippen LogP contribution in [-0.4, -0.2) is 46.9 Å². The van der Waals surface area contributed by atoms with Crippen LogP contribution in [0.4, 0.5) is 0 Å². The number of aromatic nitrogens is 2. The normalized spacial score (nSPS) is 11.6. The Balaban J connectivity index is 2.91. The summed E-state index contributed by atoms with van der Waals surface area (Å²) in [5.41, 5.74) is 1.59. The Morgan fingerprint density at radius 3 is 2.55 bits per heavy atom. The molecule has 0 bridgehead atoms. The fourth-order valence-corrected chi connectivity index (χ4v) is 2.72. The van der Waals surface area contributed by atoms with Crippen LogP contribution in [0.3, 0.4) is 0 Å². The summed E-state index contributed by atoms with van der Waals surface area (Å²) in [6, 6.07) is 0.220. The number of rotatable bonds is 8. The first-order valence-electron chi connectivity index (χ1n) is 7.62. The first-order valence-corrected chi connectivity index (χ1v) is 8.00. The summed E-state index contributed by atoms with van der Waals surface area (Å²) in [6.07, 6.45) is 5.16. The summed E-state index contributed by atoms with van der Waals surface area (Å²) in [7, 11) is 3.42. The van der Waals surface area contributed by atoms with Gasteiger partial charge in [0.25, 0.3) is 0 Å². The molecule has 1 aromatic heterocycles. The van der Waals surface area contributed by atoms with Crippen molar-refractivity contribution in [1.29, 1.82) is 0 Å². The Bertz CT molecular complexity index is 522. The molecule has 0 spiro atoms. The van der Waals surface area contributed by atoms with Crippen molar-refractivity contribution < 1.29 is 9.53 Å². The Morgan fingerprint density at radius 1 is 1.45 bits per heavy atom. The van der Waals surface area contributed by atoms with Gasteiger partial charge in [0.05, 0.1) is 12.3 Å². The number of carbonyl (C=O) groups excluding carboxylic acids is 1. The van der Waals surface area contributed by atoms with Crippen molar-refractivity contribution in [2.75, 3.05) is 20.3 Å². The molecular formula is C16H26ClN3O2. The molecule has 0 N–H and O–H groups in total. The third kappa shape index (κ3) is 4.58. The smallest absolute Gasteiger partial charge is 0.246 e. The molecule has 22 heavy (non-hydrogen) atoms. The highest BCUT2D eigenvalue weighted by atomic mass is 35.5. The van der Waals surface area contributed by atoms with E-state index in [4.69, 9.17) is 16.3 Å². The fourth-order valence-electron chi connectivity index (χ4n) is 2.48. The van der Waals surface area contributed by atoms with Gasteiger partial charge in [0, 0.05) is 38.4 Å². The first kappa shape index (κ1) is 18.7. The molecule has 0 aliphatic carbocycles. The van der Waals surface area contributed by atoms with Crippen molar-refractivity contribution in [2.24, 2.45) is 7.05 Å². The van der Waals surface area contributed by atoms with Crippen LogP contribution in [0.5, 0.6) is 0 Å². The number of ether oxygens (including phenoxy) is 1. The Kier molecular flexibility index (Phi) is 7.62.